The molecular formula is C26H42O5. The molecule has 5 nitrogen and oxygen atoms in total. The second-order valence-corrected chi connectivity index (χ2v) is 9.64. The molecule has 0 N–H and O–H groups in total. The van der Waals surface area contributed by atoms with Crippen molar-refractivity contribution >= 4 is 17.7 Å². The summed E-state index contributed by atoms with van der Waals surface area (Å²) in [6.07, 6.45) is 14.7. The van der Waals surface area contributed by atoms with Gasteiger partial charge >= 0.3 is 11.9 Å². The Morgan fingerprint density at radius 3 is 2.55 bits per heavy atom. The number of hydrogen-bond donors (Lipinski definition) is 0. The normalized spacial score (nSPS) is 22.9. The minimum atomic E-state index is -0.882. The zero-order valence-corrected chi connectivity index (χ0v) is 20.3. The number of Topliss-reactive ketones (excluding diaryl/α,β-unsaturated/α-hetero) is 1. The van der Waals surface area contributed by atoms with Crippen LogP contribution in [0.4, 0.5) is 0 Å². The predicted octanol–water partition coefficient (Wildman–Crippen LogP) is 5.82. The van der Waals surface area contributed by atoms with Crippen LogP contribution in [0.25, 0.3) is 0 Å². The second kappa shape index (κ2) is 13.5. The molecule has 0 aromatic rings. The Kier molecular flexibility index (Phi) is 11.8. The molecular weight excluding hydrogens is 392 g/mol. The smallest absolute Gasteiger partial charge is 0.347 e. The highest BCUT2D eigenvalue weighted by Gasteiger charge is 2.37. The summed E-state index contributed by atoms with van der Waals surface area (Å²) < 4.78 is 9.70. The zero-order valence-electron chi connectivity index (χ0n) is 20.3. The van der Waals surface area contributed by atoms with Crippen LogP contribution in [0.5, 0.6) is 0 Å². The third-order valence-electron chi connectivity index (χ3n) is 6.22. The average molecular weight is 435 g/mol. The van der Waals surface area contributed by atoms with Gasteiger partial charge in [-0.25, -0.2) is 4.79 Å². The van der Waals surface area contributed by atoms with E-state index in [2.05, 4.69) is 44.6 Å². The molecule has 0 aromatic heterocycles. The molecule has 4 atom stereocenters. The largest absolute Gasteiger partial charge is 0.466 e. The van der Waals surface area contributed by atoms with Gasteiger partial charge < -0.3 is 9.47 Å². The number of ether oxygens (including phenoxy) is 2. The van der Waals surface area contributed by atoms with E-state index in [0.717, 1.165) is 6.42 Å². The molecule has 1 aliphatic rings. The van der Waals surface area contributed by atoms with Crippen LogP contribution in [0.3, 0.4) is 0 Å². The number of esters is 2. The number of carbonyl (C=O) groups excluding carboxylic acids is 3. The third-order valence-corrected chi connectivity index (χ3v) is 6.22. The summed E-state index contributed by atoms with van der Waals surface area (Å²) in [6.45, 7) is 10.3. The number of allylic oxidation sites excluding steroid dienone is 4. The minimum Gasteiger partial charge on any atom is -0.466 e. The highest BCUT2D eigenvalue weighted by molar-refractivity contribution is 5.84. The van der Waals surface area contributed by atoms with Crippen LogP contribution >= 0.6 is 0 Å². The van der Waals surface area contributed by atoms with E-state index in [4.69, 9.17) is 4.74 Å². The molecule has 5 heteroatoms. The molecule has 1 rings (SSSR count). The Morgan fingerprint density at radius 2 is 1.94 bits per heavy atom. The number of carbonyl (C=O) groups is 3. The maximum atomic E-state index is 12.5. The van der Waals surface area contributed by atoms with Gasteiger partial charge in [0, 0.05) is 19.3 Å². The summed E-state index contributed by atoms with van der Waals surface area (Å²) in [5.41, 5.74) is 0.298. The quantitative estimate of drug-likeness (QED) is 0.270. The maximum absolute atomic E-state index is 12.5. The van der Waals surface area contributed by atoms with Gasteiger partial charge in [0.15, 0.2) is 6.10 Å². The van der Waals surface area contributed by atoms with Gasteiger partial charge in [-0.2, -0.15) is 0 Å². The first kappa shape index (κ1) is 27.1. The lowest BCUT2D eigenvalue weighted by Crippen LogP contribution is -2.27. The first-order valence-electron chi connectivity index (χ1n) is 11.7. The molecule has 1 fully saturated rings. The Bertz CT molecular complexity index is 646. The Hall–Kier alpha value is -1.91. The predicted molar refractivity (Wildman–Crippen MR) is 123 cm³/mol. The third kappa shape index (κ3) is 9.84. The molecule has 0 radical (unpaired) electrons. The van der Waals surface area contributed by atoms with Gasteiger partial charge in [-0.1, -0.05) is 64.8 Å². The monoisotopic (exact) mass is 434 g/mol. The average Bonchev–Trinajstić information content (AvgIpc) is 2.97. The van der Waals surface area contributed by atoms with E-state index < -0.39 is 18.0 Å². The van der Waals surface area contributed by atoms with Crippen molar-refractivity contribution in [3.05, 3.63) is 24.3 Å². The Balaban J connectivity index is 2.60. The highest BCUT2D eigenvalue weighted by atomic mass is 16.6. The molecule has 176 valence electrons. The van der Waals surface area contributed by atoms with Crippen molar-refractivity contribution in [2.45, 2.75) is 92.1 Å². The van der Waals surface area contributed by atoms with Crippen molar-refractivity contribution in [1.29, 1.82) is 0 Å². The van der Waals surface area contributed by atoms with E-state index >= 15 is 0 Å². The standard InChI is InChI=1S/C26H42O5/c1-7-8-16-26(4,5)17-12-14-21-19(2)18-23(28)22(21)13-10-9-11-15-24(25(29)30-6)31-20(3)27/h9-10,12,14,19,21-22,24H,7-8,11,13,15-18H2,1-6H3/t19-,21-,22-,24-/m1/s1. The van der Waals surface area contributed by atoms with Crippen molar-refractivity contribution < 1.29 is 23.9 Å². The van der Waals surface area contributed by atoms with Crippen molar-refractivity contribution in [3.8, 4) is 0 Å². The molecule has 0 unspecified atom stereocenters. The molecule has 0 heterocycles. The fourth-order valence-electron chi connectivity index (χ4n) is 4.29. The summed E-state index contributed by atoms with van der Waals surface area (Å²) in [5, 5.41) is 0. The van der Waals surface area contributed by atoms with Gasteiger partial charge in [0.2, 0.25) is 0 Å². The summed E-state index contributed by atoms with van der Waals surface area (Å²) in [4.78, 5) is 35.4. The number of ketones is 1. The molecule has 0 saturated heterocycles. The summed E-state index contributed by atoms with van der Waals surface area (Å²) in [7, 11) is 1.28. The molecule has 1 saturated carbocycles. The van der Waals surface area contributed by atoms with Crippen LogP contribution in [-0.2, 0) is 23.9 Å². The van der Waals surface area contributed by atoms with Crippen molar-refractivity contribution in [1.82, 2.24) is 0 Å². The summed E-state index contributed by atoms with van der Waals surface area (Å²) >= 11 is 0. The molecule has 0 spiro atoms. The van der Waals surface area contributed by atoms with Crippen LogP contribution in [0.1, 0.15) is 86.0 Å². The van der Waals surface area contributed by atoms with Gasteiger partial charge in [-0.3, -0.25) is 9.59 Å². The van der Waals surface area contributed by atoms with Crippen LogP contribution in [0.15, 0.2) is 24.3 Å². The summed E-state index contributed by atoms with van der Waals surface area (Å²) in [5.74, 6) is -0.0417. The van der Waals surface area contributed by atoms with Crippen LogP contribution in [-0.4, -0.2) is 30.9 Å². The van der Waals surface area contributed by atoms with Gasteiger partial charge in [0.05, 0.1) is 7.11 Å². The van der Waals surface area contributed by atoms with E-state index in [9.17, 15) is 14.4 Å². The first-order valence-corrected chi connectivity index (χ1v) is 11.7. The lowest BCUT2D eigenvalue weighted by Gasteiger charge is -2.23. The molecule has 31 heavy (non-hydrogen) atoms. The van der Waals surface area contributed by atoms with Gasteiger partial charge in [-0.05, 0) is 49.4 Å². The molecule has 0 bridgehead atoms. The molecule has 0 amide bonds. The number of methoxy groups -OCH3 is 1. The Morgan fingerprint density at radius 1 is 1.23 bits per heavy atom. The van der Waals surface area contributed by atoms with Crippen LogP contribution in [0.2, 0.25) is 0 Å². The maximum Gasteiger partial charge on any atom is 0.347 e. The van der Waals surface area contributed by atoms with E-state index in [-0.39, 0.29) is 11.8 Å². The molecule has 1 aliphatic carbocycles. The van der Waals surface area contributed by atoms with Gasteiger partial charge in [0.25, 0.3) is 0 Å². The van der Waals surface area contributed by atoms with E-state index in [1.165, 1.54) is 33.3 Å². The summed E-state index contributed by atoms with van der Waals surface area (Å²) in [6, 6.07) is 0. The minimum absolute atomic E-state index is 0.0196. The zero-order chi connectivity index (χ0) is 23.4. The first-order chi connectivity index (χ1) is 14.6. The Labute approximate surface area is 188 Å². The van der Waals surface area contributed by atoms with Crippen molar-refractivity contribution in [3.63, 3.8) is 0 Å². The highest BCUT2D eigenvalue weighted by Crippen LogP contribution is 2.38. The van der Waals surface area contributed by atoms with E-state index in [1.807, 2.05) is 12.2 Å². The fraction of sp³-hybridized carbons (Fsp3) is 0.731. The van der Waals surface area contributed by atoms with Crippen molar-refractivity contribution in [2.24, 2.45) is 23.2 Å². The lowest BCUT2D eigenvalue weighted by molar-refractivity contribution is -0.165. The van der Waals surface area contributed by atoms with E-state index in [1.54, 1.807) is 0 Å². The van der Waals surface area contributed by atoms with Crippen molar-refractivity contribution in [2.75, 3.05) is 7.11 Å². The molecule has 0 aliphatic heterocycles. The molecule has 0 aromatic carbocycles. The number of unbranched alkanes of at least 4 members (excludes halogenated alkanes) is 1. The SMILES string of the molecule is CCCCC(C)(C)CC=C[C@@H]1[C@H](C)CC(=O)[C@@H]1CC=CCC[C@@H](OC(C)=O)C(=O)OC. The van der Waals surface area contributed by atoms with E-state index in [0.29, 0.717) is 42.8 Å². The number of rotatable bonds is 13. The van der Waals surface area contributed by atoms with Gasteiger partial charge in [0.1, 0.15) is 5.78 Å². The van der Waals surface area contributed by atoms with Crippen LogP contribution < -0.4 is 0 Å². The second-order valence-electron chi connectivity index (χ2n) is 9.64. The van der Waals surface area contributed by atoms with Crippen LogP contribution in [0, 0.1) is 23.2 Å². The number of hydrogen-bond acceptors (Lipinski definition) is 5. The lowest BCUT2D eigenvalue weighted by atomic mass is 9.82. The van der Waals surface area contributed by atoms with Gasteiger partial charge in [-0.15, -0.1) is 0 Å². The topological polar surface area (TPSA) is 69.7 Å². The fourth-order valence-corrected chi connectivity index (χ4v) is 4.29.